The molecule has 1 heterocycles. The van der Waals surface area contributed by atoms with E-state index in [0.29, 0.717) is 17.4 Å². The van der Waals surface area contributed by atoms with Gasteiger partial charge in [-0.15, -0.1) is 0 Å². The van der Waals surface area contributed by atoms with Crippen LogP contribution in [0.5, 0.6) is 0 Å². The van der Waals surface area contributed by atoms with Crippen LogP contribution in [0.4, 0.5) is 0 Å². The third-order valence-corrected chi connectivity index (χ3v) is 4.04. The van der Waals surface area contributed by atoms with Crippen molar-refractivity contribution in [3.63, 3.8) is 0 Å². The fraction of sp³-hybridized carbons (Fsp3) is 0.571. The van der Waals surface area contributed by atoms with Gasteiger partial charge in [0.05, 0.1) is 6.54 Å². The fourth-order valence-electron chi connectivity index (χ4n) is 2.71. The fourth-order valence-corrected chi connectivity index (χ4v) is 2.71. The molecule has 2 atom stereocenters. The van der Waals surface area contributed by atoms with E-state index in [1.165, 1.54) is 18.9 Å². The quantitative estimate of drug-likeness (QED) is 0.851. The Morgan fingerprint density at radius 1 is 1.47 bits per heavy atom. The average molecular weight is 263 g/mol. The van der Waals surface area contributed by atoms with Gasteiger partial charge in [0.1, 0.15) is 17.1 Å². The van der Waals surface area contributed by atoms with E-state index in [0.717, 1.165) is 12.3 Å². The van der Waals surface area contributed by atoms with Crippen molar-refractivity contribution in [2.24, 2.45) is 17.8 Å². The molecule has 0 spiro atoms. The first kappa shape index (κ1) is 12.3. The van der Waals surface area contributed by atoms with Crippen molar-refractivity contribution in [2.45, 2.75) is 32.7 Å². The van der Waals surface area contributed by atoms with Gasteiger partial charge in [0, 0.05) is 5.92 Å². The smallest absolute Gasteiger partial charge is 0.339 e. The summed E-state index contributed by atoms with van der Waals surface area (Å²) in [5.41, 5.74) is 0.159. The van der Waals surface area contributed by atoms with Gasteiger partial charge in [0.15, 0.2) is 0 Å². The first-order valence-electron chi connectivity index (χ1n) is 6.66. The summed E-state index contributed by atoms with van der Waals surface area (Å²) in [7, 11) is 0. The highest BCUT2D eigenvalue weighted by Crippen LogP contribution is 2.54. The van der Waals surface area contributed by atoms with E-state index in [4.69, 9.17) is 9.52 Å². The van der Waals surface area contributed by atoms with E-state index in [9.17, 15) is 9.59 Å². The van der Waals surface area contributed by atoms with Gasteiger partial charge in [-0.1, -0.05) is 0 Å². The summed E-state index contributed by atoms with van der Waals surface area (Å²) < 4.78 is 5.32. The molecule has 0 radical (unpaired) electrons. The molecule has 0 aliphatic heterocycles. The summed E-state index contributed by atoms with van der Waals surface area (Å²) in [6.45, 7) is 1.87. The summed E-state index contributed by atoms with van der Waals surface area (Å²) in [6, 6.07) is 1.48. The van der Waals surface area contributed by atoms with Crippen molar-refractivity contribution >= 4 is 11.9 Å². The van der Waals surface area contributed by atoms with Crippen LogP contribution in [0.25, 0.3) is 0 Å². The van der Waals surface area contributed by atoms with Gasteiger partial charge >= 0.3 is 5.97 Å². The van der Waals surface area contributed by atoms with E-state index in [1.807, 2.05) is 0 Å². The number of rotatable bonds is 5. The minimum absolute atomic E-state index is 0.0721. The Morgan fingerprint density at radius 3 is 2.79 bits per heavy atom. The van der Waals surface area contributed by atoms with E-state index >= 15 is 0 Å². The minimum Gasteiger partial charge on any atom is -0.478 e. The third kappa shape index (κ3) is 2.50. The van der Waals surface area contributed by atoms with Crippen LogP contribution in [0.15, 0.2) is 10.5 Å². The monoisotopic (exact) mass is 263 g/mol. The highest BCUT2D eigenvalue weighted by atomic mass is 16.4. The maximum absolute atomic E-state index is 11.9. The first-order valence-corrected chi connectivity index (χ1v) is 6.66. The Balaban J connectivity index is 1.53. The largest absolute Gasteiger partial charge is 0.478 e. The lowest BCUT2D eigenvalue weighted by Crippen LogP contribution is -2.25. The van der Waals surface area contributed by atoms with Crippen molar-refractivity contribution in [3.8, 4) is 0 Å². The van der Waals surface area contributed by atoms with Crippen LogP contribution in [0, 0.1) is 24.7 Å². The molecule has 2 saturated carbocycles. The molecular weight excluding hydrogens is 246 g/mol. The predicted octanol–water partition coefficient (Wildman–Crippen LogP) is 1.95. The Bertz CT molecular complexity index is 530. The van der Waals surface area contributed by atoms with Crippen LogP contribution < -0.4 is 5.32 Å². The zero-order chi connectivity index (χ0) is 13.6. The van der Waals surface area contributed by atoms with Gasteiger partial charge < -0.3 is 14.8 Å². The molecule has 0 bridgehead atoms. The maximum atomic E-state index is 11.9. The highest BCUT2D eigenvalue weighted by molar-refractivity contribution is 5.88. The number of carbonyl (C=O) groups is 2. The lowest BCUT2D eigenvalue weighted by Gasteiger charge is -2.02. The number of hydrogen-bond donors (Lipinski definition) is 2. The van der Waals surface area contributed by atoms with Crippen LogP contribution >= 0.6 is 0 Å². The lowest BCUT2D eigenvalue weighted by molar-refractivity contribution is -0.122. The van der Waals surface area contributed by atoms with E-state index in [2.05, 4.69) is 5.32 Å². The second-order valence-electron chi connectivity index (χ2n) is 5.55. The Labute approximate surface area is 111 Å². The molecular formula is C14H17NO4. The second kappa shape index (κ2) is 4.40. The number of carbonyl (C=O) groups excluding carboxylic acids is 1. The second-order valence-corrected chi connectivity index (χ2v) is 5.55. The van der Waals surface area contributed by atoms with E-state index in [-0.39, 0.29) is 23.9 Å². The molecule has 2 aliphatic rings. The highest BCUT2D eigenvalue weighted by Gasteiger charge is 2.50. The van der Waals surface area contributed by atoms with Crippen LogP contribution in [-0.2, 0) is 11.3 Å². The van der Waals surface area contributed by atoms with Crippen molar-refractivity contribution < 1.29 is 19.1 Å². The minimum atomic E-state index is -1.00. The van der Waals surface area contributed by atoms with Crippen molar-refractivity contribution in [2.75, 3.05) is 0 Å². The van der Waals surface area contributed by atoms with Gasteiger partial charge in [0.25, 0.3) is 0 Å². The van der Waals surface area contributed by atoms with Gasteiger partial charge in [0.2, 0.25) is 5.91 Å². The molecule has 2 N–H and O–H groups in total. The van der Waals surface area contributed by atoms with Gasteiger partial charge in [-0.25, -0.2) is 4.79 Å². The normalized spacial score (nSPS) is 25.1. The SMILES string of the molecule is Cc1oc(CNC(=O)C2CC2C2CC2)cc1C(=O)O. The summed E-state index contributed by atoms with van der Waals surface area (Å²) in [6.07, 6.45) is 3.55. The molecule has 2 aliphatic carbocycles. The van der Waals surface area contributed by atoms with Crippen LogP contribution in [0.1, 0.15) is 41.1 Å². The molecule has 102 valence electrons. The summed E-state index contributed by atoms with van der Waals surface area (Å²) >= 11 is 0. The lowest BCUT2D eigenvalue weighted by atomic mass is 10.2. The van der Waals surface area contributed by atoms with Crippen molar-refractivity contribution in [1.82, 2.24) is 5.32 Å². The molecule has 2 fully saturated rings. The van der Waals surface area contributed by atoms with Gasteiger partial charge in [-0.3, -0.25) is 4.79 Å². The average Bonchev–Trinajstić information content (AvgIpc) is 3.22. The van der Waals surface area contributed by atoms with E-state index in [1.54, 1.807) is 6.92 Å². The number of aryl methyl sites for hydroxylation is 1. The number of amides is 1. The van der Waals surface area contributed by atoms with Crippen LogP contribution in [0.2, 0.25) is 0 Å². The number of carboxylic acid groups (broad SMARTS) is 1. The number of hydrogen-bond acceptors (Lipinski definition) is 3. The molecule has 5 heteroatoms. The van der Waals surface area contributed by atoms with Crippen LogP contribution in [0.3, 0.4) is 0 Å². The third-order valence-electron chi connectivity index (χ3n) is 4.04. The maximum Gasteiger partial charge on any atom is 0.339 e. The zero-order valence-electron chi connectivity index (χ0n) is 10.8. The summed E-state index contributed by atoms with van der Waals surface area (Å²) in [5, 5.41) is 11.7. The standard InChI is InChI=1S/C14H17NO4/c1-7-10(14(17)18)4-9(19-7)6-15-13(16)12-5-11(12)8-2-3-8/h4,8,11-12H,2-3,5-6H2,1H3,(H,15,16)(H,17,18). The number of carboxylic acids is 1. The predicted molar refractivity (Wildman–Crippen MR) is 66.6 cm³/mol. The molecule has 1 aromatic rings. The molecule has 19 heavy (non-hydrogen) atoms. The molecule has 0 aromatic carbocycles. The summed E-state index contributed by atoms with van der Waals surface area (Å²) in [5.74, 6) is 1.47. The summed E-state index contributed by atoms with van der Waals surface area (Å²) in [4.78, 5) is 22.7. The molecule has 1 amide bonds. The molecule has 1 aromatic heterocycles. The van der Waals surface area contributed by atoms with Gasteiger partial charge in [-0.2, -0.15) is 0 Å². The molecule has 3 rings (SSSR count). The first-order chi connectivity index (χ1) is 9.06. The van der Waals surface area contributed by atoms with Crippen molar-refractivity contribution in [1.29, 1.82) is 0 Å². The zero-order valence-corrected chi connectivity index (χ0v) is 10.8. The Kier molecular flexibility index (Phi) is 2.84. The number of furan rings is 1. The topological polar surface area (TPSA) is 79.5 Å². The molecule has 5 nitrogen and oxygen atoms in total. The van der Waals surface area contributed by atoms with Crippen molar-refractivity contribution in [3.05, 3.63) is 23.2 Å². The van der Waals surface area contributed by atoms with Gasteiger partial charge in [-0.05, 0) is 44.1 Å². The number of aromatic carboxylic acids is 1. The Hall–Kier alpha value is -1.78. The molecule has 0 saturated heterocycles. The van der Waals surface area contributed by atoms with E-state index < -0.39 is 5.97 Å². The number of nitrogens with one attached hydrogen (secondary N) is 1. The Morgan fingerprint density at radius 2 is 2.21 bits per heavy atom. The van der Waals surface area contributed by atoms with Crippen LogP contribution in [-0.4, -0.2) is 17.0 Å². The molecule has 2 unspecified atom stereocenters.